The smallest absolute Gasteiger partial charge is 0.349 e. The summed E-state index contributed by atoms with van der Waals surface area (Å²) in [6, 6.07) is 0. The normalized spacial score (nSPS) is 10.9. The molecule has 19 heavy (non-hydrogen) atoms. The summed E-state index contributed by atoms with van der Waals surface area (Å²) < 4.78 is 31.1. The van der Waals surface area contributed by atoms with Crippen LogP contribution < -0.4 is 10.5 Å². The molecule has 1 aromatic rings. The number of halogens is 1. The SMILES string of the molecule is COC(=O)c1scc(C)c1S(=O)(=O)NCCCN.Cl. The number of carbonyl (C=O) groups is 1. The molecule has 1 rings (SSSR count). The van der Waals surface area contributed by atoms with Gasteiger partial charge in [0, 0.05) is 6.54 Å². The van der Waals surface area contributed by atoms with E-state index in [0.717, 1.165) is 11.3 Å². The summed E-state index contributed by atoms with van der Waals surface area (Å²) >= 11 is 1.06. The molecular formula is C10H17ClN2O4S2. The van der Waals surface area contributed by atoms with Crippen molar-refractivity contribution < 1.29 is 17.9 Å². The second-order valence-electron chi connectivity index (χ2n) is 3.61. The first-order valence-corrected chi connectivity index (χ1v) is 7.66. The predicted molar refractivity (Wildman–Crippen MR) is 76.5 cm³/mol. The first-order valence-electron chi connectivity index (χ1n) is 5.30. The molecule has 0 spiro atoms. The number of methoxy groups -OCH3 is 1. The minimum atomic E-state index is -3.70. The number of sulfonamides is 1. The average Bonchev–Trinajstić information content (AvgIpc) is 2.71. The van der Waals surface area contributed by atoms with Gasteiger partial charge in [-0.25, -0.2) is 17.9 Å². The largest absolute Gasteiger partial charge is 0.465 e. The van der Waals surface area contributed by atoms with Gasteiger partial charge in [0.05, 0.1) is 7.11 Å². The quantitative estimate of drug-likeness (QED) is 0.597. The zero-order valence-corrected chi connectivity index (χ0v) is 13.1. The second-order valence-corrected chi connectivity index (χ2v) is 6.19. The van der Waals surface area contributed by atoms with Crippen molar-refractivity contribution in [3.8, 4) is 0 Å². The van der Waals surface area contributed by atoms with Crippen LogP contribution in [-0.2, 0) is 14.8 Å². The number of ether oxygens (including phenoxy) is 1. The molecule has 0 atom stereocenters. The summed E-state index contributed by atoms with van der Waals surface area (Å²) in [7, 11) is -2.48. The van der Waals surface area contributed by atoms with E-state index in [1.807, 2.05) is 0 Å². The predicted octanol–water partition coefficient (Wildman–Crippen LogP) is 0.892. The highest BCUT2D eigenvalue weighted by molar-refractivity contribution is 7.89. The summed E-state index contributed by atoms with van der Waals surface area (Å²) in [4.78, 5) is 11.6. The Morgan fingerprint density at radius 3 is 2.68 bits per heavy atom. The van der Waals surface area contributed by atoms with Crippen molar-refractivity contribution in [3.05, 3.63) is 15.8 Å². The summed E-state index contributed by atoms with van der Waals surface area (Å²) in [5.74, 6) is -0.646. The van der Waals surface area contributed by atoms with E-state index in [4.69, 9.17) is 5.73 Å². The second kappa shape index (κ2) is 7.81. The lowest BCUT2D eigenvalue weighted by atomic mass is 10.3. The van der Waals surface area contributed by atoms with Crippen molar-refractivity contribution in [1.82, 2.24) is 4.72 Å². The standard InChI is InChI=1S/C10H16N2O4S2.ClH/c1-7-6-17-8(10(13)16-2)9(7)18(14,15)12-5-3-4-11;/h6,12H,3-5,11H2,1-2H3;1H. The molecule has 6 nitrogen and oxygen atoms in total. The lowest BCUT2D eigenvalue weighted by Gasteiger charge is -2.07. The van der Waals surface area contributed by atoms with Crippen LogP contribution in [0.3, 0.4) is 0 Å². The molecule has 0 aromatic carbocycles. The van der Waals surface area contributed by atoms with Gasteiger partial charge < -0.3 is 10.5 Å². The molecule has 1 heterocycles. The molecule has 0 bridgehead atoms. The van der Waals surface area contributed by atoms with E-state index in [2.05, 4.69) is 9.46 Å². The maximum Gasteiger partial charge on any atom is 0.349 e. The minimum Gasteiger partial charge on any atom is -0.465 e. The summed E-state index contributed by atoms with van der Waals surface area (Å²) in [6.07, 6.45) is 0.538. The van der Waals surface area contributed by atoms with E-state index >= 15 is 0 Å². The molecule has 0 aliphatic heterocycles. The van der Waals surface area contributed by atoms with Gasteiger partial charge in [0.2, 0.25) is 10.0 Å². The third kappa shape index (κ3) is 4.43. The zero-order chi connectivity index (χ0) is 13.8. The van der Waals surface area contributed by atoms with Crippen LogP contribution in [0.1, 0.15) is 21.7 Å². The zero-order valence-electron chi connectivity index (χ0n) is 10.6. The Balaban J connectivity index is 0.00000324. The number of rotatable bonds is 6. The fourth-order valence-electron chi connectivity index (χ4n) is 1.38. The van der Waals surface area contributed by atoms with Gasteiger partial charge in [-0.15, -0.1) is 23.7 Å². The van der Waals surface area contributed by atoms with Gasteiger partial charge in [-0.1, -0.05) is 0 Å². The Morgan fingerprint density at radius 2 is 2.16 bits per heavy atom. The maximum atomic E-state index is 12.1. The van der Waals surface area contributed by atoms with Gasteiger partial charge in [-0.2, -0.15) is 0 Å². The number of esters is 1. The molecule has 9 heteroatoms. The Bertz CT molecular complexity index is 528. The van der Waals surface area contributed by atoms with E-state index in [1.165, 1.54) is 7.11 Å². The fourth-order valence-corrected chi connectivity index (χ4v) is 4.16. The molecule has 0 amide bonds. The topological polar surface area (TPSA) is 98.5 Å². The molecule has 0 aliphatic carbocycles. The Hall–Kier alpha value is -0.670. The molecule has 110 valence electrons. The van der Waals surface area contributed by atoms with Crippen LogP contribution >= 0.6 is 23.7 Å². The van der Waals surface area contributed by atoms with Crippen LogP contribution in [-0.4, -0.2) is 34.6 Å². The van der Waals surface area contributed by atoms with E-state index in [-0.39, 0.29) is 28.7 Å². The Kier molecular flexibility index (Phi) is 7.53. The average molecular weight is 329 g/mol. The van der Waals surface area contributed by atoms with Gasteiger partial charge in [0.25, 0.3) is 0 Å². The van der Waals surface area contributed by atoms with Crippen molar-refractivity contribution >= 4 is 39.7 Å². The highest BCUT2D eigenvalue weighted by Gasteiger charge is 2.26. The van der Waals surface area contributed by atoms with Crippen LogP contribution in [0.4, 0.5) is 0 Å². The molecule has 0 aliphatic rings. The molecular weight excluding hydrogens is 312 g/mol. The summed E-state index contributed by atoms with van der Waals surface area (Å²) in [6.45, 7) is 2.28. The number of nitrogens with one attached hydrogen (secondary N) is 1. The Labute approximate surface area is 122 Å². The van der Waals surface area contributed by atoms with Crippen LogP contribution in [0.25, 0.3) is 0 Å². The molecule has 0 unspecified atom stereocenters. The number of carbonyl (C=O) groups excluding carboxylic acids is 1. The van der Waals surface area contributed by atoms with E-state index in [0.29, 0.717) is 18.5 Å². The van der Waals surface area contributed by atoms with E-state index in [9.17, 15) is 13.2 Å². The van der Waals surface area contributed by atoms with Crippen molar-refractivity contribution in [2.45, 2.75) is 18.2 Å². The fraction of sp³-hybridized carbons (Fsp3) is 0.500. The van der Waals surface area contributed by atoms with Gasteiger partial charge >= 0.3 is 5.97 Å². The van der Waals surface area contributed by atoms with Crippen molar-refractivity contribution in [1.29, 1.82) is 0 Å². The number of aryl methyl sites for hydroxylation is 1. The number of hydrogen-bond donors (Lipinski definition) is 2. The van der Waals surface area contributed by atoms with Crippen LogP contribution in [0.2, 0.25) is 0 Å². The van der Waals surface area contributed by atoms with E-state index < -0.39 is 16.0 Å². The number of hydrogen-bond acceptors (Lipinski definition) is 6. The monoisotopic (exact) mass is 328 g/mol. The maximum absolute atomic E-state index is 12.1. The molecule has 0 radical (unpaired) electrons. The molecule has 0 saturated heterocycles. The van der Waals surface area contributed by atoms with Gasteiger partial charge in [-0.05, 0) is 30.8 Å². The molecule has 0 fully saturated rings. The van der Waals surface area contributed by atoms with Crippen LogP contribution in [0.15, 0.2) is 10.3 Å². The van der Waals surface area contributed by atoms with Gasteiger partial charge in [-0.3, -0.25) is 0 Å². The van der Waals surface area contributed by atoms with Gasteiger partial charge in [0.15, 0.2) is 0 Å². The first kappa shape index (κ1) is 18.3. The van der Waals surface area contributed by atoms with Gasteiger partial charge in [0.1, 0.15) is 9.77 Å². The third-order valence-electron chi connectivity index (χ3n) is 2.23. The number of thiophene rings is 1. The highest BCUT2D eigenvalue weighted by Crippen LogP contribution is 2.27. The lowest BCUT2D eigenvalue weighted by molar-refractivity contribution is 0.0602. The van der Waals surface area contributed by atoms with Crippen LogP contribution in [0.5, 0.6) is 0 Å². The minimum absolute atomic E-state index is 0. The summed E-state index contributed by atoms with van der Waals surface area (Å²) in [5.41, 5.74) is 5.83. The van der Waals surface area contributed by atoms with Crippen molar-refractivity contribution in [3.63, 3.8) is 0 Å². The first-order chi connectivity index (χ1) is 8.44. The highest BCUT2D eigenvalue weighted by atomic mass is 35.5. The number of nitrogens with two attached hydrogens (primary N) is 1. The van der Waals surface area contributed by atoms with E-state index in [1.54, 1.807) is 12.3 Å². The Morgan fingerprint density at radius 1 is 1.53 bits per heavy atom. The van der Waals surface area contributed by atoms with Crippen LogP contribution in [0, 0.1) is 6.92 Å². The molecule has 3 N–H and O–H groups in total. The van der Waals surface area contributed by atoms with Crippen molar-refractivity contribution in [2.75, 3.05) is 20.2 Å². The summed E-state index contributed by atoms with van der Waals surface area (Å²) in [5, 5.41) is 1.61. The van der Waals surface area contributed by atoms with Crippen molar-refractivity contribution in [2.24, 2.45) is 5.73 Å². The lowest BCUT2D eigenvalue weighted by Crippen LogP contribution is -2.27. The molecule has 0 saturated carbocycles. The third-order valence-corrected chi connectivity index (χ3v) is 5.09. The molecule has 1 aromatic heterocycles.